The van der Waals surface area contributed by atoms with Gasteiger partial charge in [0.15, 0.2) is 36.2 Å². The molecule has 0 bridgehead atoms. The molecule has 1 aromatic rings. The molecular formula is C68H100IN5O24S3. The SMILES string of the molecule is CC#C/C=C\C#C[C@H](O[C@@H]1O[C@H](C)[C@@H](NO[C@H]2C[C@H](O)[C@H](SC(=O)c3c(C)c(I)c(O[C@@H]4O[C@@H](C)[C@H](O)[C@@H](OC)[C@H]4O)c(OC)c3OC)[C@@H](C)O2)[C@@H](O)[C@H]1O[C@H]1C[C@H](OC)[C@@H](NCC)CO1)C1=C(NC(=O)OC)C(=O)C[C@](C)(O)/C1=C/CSSC(C)(C)CCC(=O)NCCCC[C@H](N)C(=O)O. The molecule has 33 heteroatoms. The number of carboxylic acids is 1. The number of unbranched alkanes of at least 4 members (excludes halogenated alkanes) is 1. The number of nitrogens with two attached hydrogens (primary N) is 1. The summed E-state index contributed by atoms with van der Waals surface area (Å²) >= 11 is 2.80. The number of rotatable bonds is 32. The summed E-state index contributed by atoms with van der Waals surface area (Å²) in [4.78, 5) is 72.2. The van der Waals surface area contributed by atoms with Crippen molar-refractivity contribution < 1.29 is 116 Å². The number of benzene rings is 1. The van der Waals surface area contributed by atoms with Crippen LogP contribution in [0.25, 0.3) is 0 Å². The van der Waals surface area contributed by atoms with Crippen LogP contribution in [0.4, 0.5) is 4.79 Å². The molecule has 0 spiro atoms. The summed E-state index contributed by atoms with van der Waals surface area (Å²) in [6.45, 7) is 16.7. The maximum absolute atomic E-state index is 14.5. The van der Waals surface area contributed by atoms with Crippen molar-refractivity contribution in [3.63, 3.8) is 0 Å². The molecule has 20 atom stereocenters. The van der Waals surface area contributed by atoms with Crippen LogP contribution in [0.5, 0.6) is 17.2 Å². The second-order valence-corrected chi connectivity index (χ2v) is 30.8. The summed E-state index contributed by atoms with van der Waals surface area (Å²) in [5.41, 5.74) is 6.95. The molecule has 0 saturated carbocycles. The first-order valence-corrected chi connectivity index (χ1v) is 37.5. The van der Waals surface area contributed by atoms with Gasteiger partial charge in [0.1, 0.15) is 42.7 Å². The topological polar surface area (TPSA) is 401 Å². The summed E-state index contributed by atoms with van der Waals surface area (Å²) < 4.78 is 72.7. The summed E-state index contributed by atoms with van der Waals surface area (Å²) in [5, 5.41) is 75.1. The highest BCUT2D eigenvalue weighted by Crippen LogP contribution is 2.49. The maximum atomic E-state index is 14.5. The van der Waals surface area contributed by atoms with E-state index in [1.165, 1.54) is 62.0 Å². The van der Waals surface area contributed by atoms with E-state index in [0.29, 0.717) is 47.9 Å². The zero-order valence-electron chi connectivity index (χ0n) is 59.4. The third-order valence-electron chi connectivity index (χ3n) is 17.6. The molecule has 4 saturated heterocycles. The van der Waals surface area contributed by atoms with E-state index in [4.69, 9.17) is 72.5 Å². The highest BCUT2D eigenvalue weighted by atomic mass is 127. The minimum Gasteiger partial charge on any atom is -0.492 e. The summed E-state index contributed by atoms with van der Waals surface area (Å²) in [6.07, 6.45) is -12.4. The van der Waals surface area contributed by atoms with Crippen LogP contribution in [0.1, 0.15) is 123 Å². The number of carbonyl (C=O) groups is 5. The Morgan fingerprint density at radius 2 is 1.59 bits per heavy atom. The van der Waals surface area contributed by atoms with Crippen molar-refractivity contribution in [2.45, 2.75) is 240 Å². The lowest BCUT2D eigenvalue weighted by Crippen LogP contribution is -2.65. The third-order valence-corrected chi connectivity index (χ3v) is 23.4. The molecule has 6 rings (SSSR count). The third kappa shape index (κ3) is 23.1. The molecule has 0 radical (unpaired) electrons. The number of halogens is 1. The van der Waals surface area contributed by atoms with E-state index in [0.717, 1.165) is 18.9 Å². The zero-order chi connectivity index (χ0) is 74.6. The van der Waals surface area contributed by atoms with Crippen LogP contribution in [-0.2, 0) is 61.9 Å². The number of aliphatic hydroxyl groups excluding tert-OH is 4. The highest BCUT2D eigenvalue weighted by Gasteiger charge is 2.52. The van der Waals surface area contributed by atoms with Gasteiger partial charge in [0.05, 0.1) is 96.2 Å². The number of allylic oxidation sites excluding steroid dienone is 3. The van der Waals surface area contributed by atoms with Crippen LogP contribution in [0.2, 0.25) is 0 Å². The van der Waals surface area contributed by atoms with Crippen LogP contribution in [0.3, 0.4) is 0 Å². The Hall–Kier alpha value is -4.39. The van der Waals surface area contributed by atoms with Crippen LogP contribution >= 0.6 is 55.9 Å². The predicted molar refractivity (Wildman–Crippen MR) is 383 cm³/mol. The van der Waals surface area contributed by atoms with Crippen LogP contribution in [0.15, 0.2) is 35.1 Å². The van der Waals surface area contributed by atoms with Gasteiger partial charge >= 0.3 is 12.1 Å². The quantitative estimate of drug-likeness (QED) is 0.0158. The molecular weight excluding hydrogens is 1490 g/mol. The Morgan fingerprint density at radius 1 is 0.891 bits per heavy atom. The first-order chi connectivity index (χ1) is 47.9. The van der Waals surface area contributed by atoms with Crippen molar-refractivity contribution in [2.75, 3.05) is 61.0 Å². The van der Waals surface area contributed by atoms with E-state index in [9.17, 15) is 49.5 Å². The smallest absolute Gasteiger partial charge is 0.411 e. The van der Waals surface area contributed by atoms with Gasteiger partial charge in [-0.1, -0.05) is 64.1 Å². The standard InChI is InChI=1S/C68H100IN5O24S3/c1-15-17-18-19-20-24-43(49-38(68(9,85)32-42(76)52(49)73-66(84)90-14)26-29-99-101-67(7,8)27-25-45(77)72-28-22-21-23-39(70)62(81)82)95-65-59(96-46-31-44(86-10)40(33-91-46)71-16-2)54(79)51(35(4)93-65)74-98-47-30-41(75)61(37(6)92-47)100-63(83)48-34(3)50(69)57(60(89-13)56(48)87-11)97-64-55(80)58(88-12)53(78)36(5)94-64/h18-19,26,35-37,39-41,43-44,46-47,51,53-55,58-59,61,64-65,71,74-75,78-80,85H,16,21-23,25,27-33,70H2,1-14H3,(H,72,77)(H,73,84)(H,81,82)/b19-18-,38-26+/t35-,36+,37-,39+,40+,41+,43+,44+,46+,47+,51-,53+,54-,55-,58-,59-,61-,64+,65+,68+/m1/s1. The number of aliphatic hydroxyl groups is 5. The van der Waals surface area contributed by atoms with Gasteiger partial charge in [-0.25, -0.2) is 4.79 Å². The average Bonchev–Trinajstić information content (AvgIpc) is 0.763. The Labute approximate surface area is 616 Å². The van der Waals surface area contributed by atoms with Gasteiger partial charge in [-0.05, 0) is 133 Å². The molecule has 2 amide bonds. The number of aliphatic carboxylic acids is 1. The molecule has 101 heavy (non-hydrogen) atoms. The fraction of sp³-hybridized carbons (Fsp3) is 0.691. The van der Waals surface area contributed by atoms with Gasteiger partial charge in [0, 0.05) is 62.5 Å². The van der Waals surface area contributed by atoms with Gasteiger partial charge in [-0.15, -0.1) is 5.92 Å². The Kier molecular flexibility index (Phi) is 34.2. The van der Waals surface area contributed by atoms with E-state index >= 15 is 0 Å². The van der Waals surface area contributed by atoms with E-state index in [1.54, 1.807) is 47.8 Å². The van der Waals surface area contributed by atoms with Crippen LogP contribution < -0.4 is 41.4 Å². The van der Waals surface area contributed by atoms with E-state index in [1.807, 2.05) is 43.4 Å². The fourth-order valence-electron chi connectivity index (χ4n) is 12.0. The number of carboxylic acid groups (broad SMARTS) is 1. The number of amides is 2. The van der Waals surface area contributed by atoms with E-state index in [-0.39, 0.29) is 83.2 Å². The Balaban J connectivity index is 1.25. The number of hydroxylamine groups is 1. The number of likely N-dealkylation sites (N-methyl/N-ethyl adjacent to an activating group) is 1. The van der Waals surface area contributed by atoms with E-state index in [2.05, 4.69) is 45.1 Å². The molecule has 12 N–H and O–H groups in total. The number of carbonyl (C=O) groups excluding carboxylic acids is 4. The molecule has 4 aliphatic heterocycles. The summed E-state index contributed by atoms with van der Waals surface area (Å²) in [5.74, 6) is 9.93. The molecule has 1 aromatic carbocycles. The Bertz CT molecular complexity index is 3200. The van der Waals surface area contributed by atoms with Crippen molar-refractivity contribution >= 4 is 84.8 Å². The van der Waals surface area contributed by atoms with Crippen LogP contribution in [0, 0.1) is 34.2 Å². The molecule has 566 valence electrons. The first kappa shape index (κ1) is 85.5. The van der Waals surface area contributed by atoms with Gasteiger partial charge < -0.3 is 104 Å². The fourth-order valence-corrected chi connectivity index (χ4v) is 16.2. The van der Waals surface area contributed by atoms with Gasteiger partial charge in [0.2, 0.25) is 23.1 Å². The maximum Gasteiger partial charge on any atom is 0.411 e. The second-order valence-electron chi connectivity index (χ2n) is 25.5. The number of hydrogen-bond donors (Lipinski definition) is 11. The number of alkyl carbamates (subject to hydrolysis) is 1. The van der Waals surface area contributed by atoms with E-state index < -0.39 is 149 Å². The normalized spacial score (nSPS) is 31.1. The minimum atomic E-state index is -1.89. The summed E-state index contributed by atoms with van der Waals surface area (Å²) in [6, 6.07) is -2.33. The Morgan fingerprint density at radius 3 is 2.24 bits per heavy atom. The zero-order valence-corrected chi connectivity index (χ0v) is 64.0. The van der Waals surface area contributed by atoms with Crippen LogP contribution in [-0.4, -0.2) is 247 Å². The van der Waals surface area contributed by atoms with Gasteiger partial charge in [0.25, 0.3) is 0 Å². The lowest BCUT2D eigenvalue weighted by atomic mass is 9.76. The lowest BCUT2D eigenvalue weighted by Gasteiger charge is -2.46. The number of Topliss-reactive ketones (excluding diaryl/α,β-unsaturated/α-hetero) is 1. The number of hydrogen-bond acceptors (Lipinski definition) is 29. The van der Waals surface area contributed by atoms with Crippen molar-refractivity contribution in [1.82, 2.24) is 21.4 Å². The molecule has 0 aromatic heterocycles. The van der Waals surface area contributed by atoms with Gasteiger partial charge in [-0.2, -0.15) is 5.48 Å². The number of ether oxygens (including phenoxy) is 12. The summed E-state index contributed by atoms with van der Waals surface area (Å²) in [7, 11) is 9.63. The molecule has 4 fully saturated rings. The second kappa shape index (κ2) is 40.4. The number of ketones is 1. The van der Waals surface area contributed by atoms with Crippen molar-refractivity contribution in [2.24, 2.45) is 5.73 Å². The average molecular weight is 1590 g/mol. The van der Waals surface area contributed by atoms with Crippen molar-refractivity contribution in [1.29, 1.82) is 0 Å². The monoisotopic (exact) mass is 1590 g/mol. The molecule has 29 nitrogen and oxygen atoms in total. The minimum absolute atomic E-state index is 0.00873. The lowest BCUT2D eigenvalue weighted by molar-refractivity contribution is -0.336. The van der Waals surface area contributed by atoms with Gasteiger partial charge in [-0.3, -0.25) is 29.3 Å². The molecule has 0 unspecified atom stereocenters. The number of thioether (sulfide) groups is 1. The largest absolute Gasteiger partial charge is 0.492 e. The molecule has 1 aliphatic carbocycles. The molecule has 4 heterocycles. The molecule has 5 aliphatic rings. The van der Waals surface area contributed by atoms with Crippen molar-refractivity contribution in [3.8, 4) is 40.9 Å². The van der Waals surface area contributed by atoms with Crippen molar-refractivity contribution in [3.05, 3.63) is 49.8 Å². The first-order valence-electron chi connectivity index (χ1n) is 33.2. The highest BCUT2D eigenvalue weighted by molar-refractivity contribution is 14.1. The number of methoxy groups -OCH3 is 5. The predicted octanol–water partition coefficient (Wildman–Crippen LogP) is 4.20. The number of nitrogens with one attached hydrogen (secondary N) is 4.